The molecule has 0 atom stereocenters. The van der Waals surface area contributed by atoms with Crippen molar-refractivity contribution in [1.82, 2.24) is 10.2 Å². The summed E-state index contributed by atoms with van der Waals surface area (Å²) in [4.78, 5) is 14.5. The number of piperidine rings is 1. The number of likely N-dealkylation sites (tertiary alicyclic amines) is 1. The second kappa shape index (κ2) is 9.26. The van der Waals surface area contributed by atoms with E-state index in [2.05, 4.69) is 17.3 Å². The molecule has 1 fully saturated rings. The van der Waals surface area contributed by atoms with E-state index < -0.39 is 10.0 Å². The number of carbonyl (C=O) groups is 1. The molecule has 1 heterocycles. The summed E-state index contributed by atoms with van der Waals surface area (Å²) >= 11 is 11.8. The lowest BCUT2D eigenvalue weighted by molar-refractivity contribution is -0.119. The molecule has 146 valence electrons. The number of anilines is 1. The molecular formula is C17H25Cl2N3O3S. The molecule has 1 aromatic carbocycles. The summed E-state index contributed by atoms with van der Waals surface area (Å²) < 4.78 is 25.2. The molecule has 0 aliphatic carbocycles. The number of rotatable bonds is 7. The van der Waals surface area contributed by atoms with Crippen molar-refractivity contribution in [3.05, 3.63) is 28.2 Å². The van der Waals surface area contributed by atoms with Gasteiger partial charge in [-0.05, 0) is 63.5 Å². The van der Waals surface area contributed by atoms with Gasteiger partial charge in [-0.15, -0.1) is 0 Å². The van der Waals surface area contributed by atoms with Crippen molar-refractivity contribution < 1.29 is 13.2 Å². The molecule has 1 saturated heterocycles. The van der Waals surface area contributed by atoms with Crippen LogP contribution >= 0.6 is 23.2 Å². The molecule has 0 saturated carbocycles. The Bertz CT molecular complexity index is 735. The number of sulfonamides is 1. The molecule has 1 aromatic rings. The fourth-order valence-corrected chi connectivity index (χ4v) is 4.13. The third kappa shape index (κ3) is 6.30. The Morgan fingerprint density at radius 2 is 1.92 bits per heavy atom. The fourth-order valence-electron chi connectivity index (χ4n) is 2.99. The van der Waals surface area contributed by atoms with Crippen LogP contribution in [-0.2, 0) is 14.8 Å². The van der Waals surface area contributed by atoms with E-state index >= 15 is 0 Å². The zero-order valence-corrected chi connectivity index (χ0v) is 17.4. The number of amides is 1. The molecule has 26 heavy (non-hydrogen) atoms. The van der Waals surface area contributed by atoms with Gasteiger partial charge in [-0.3, -0.25) is 9.10 Å². The number of nitrogens with one attached hydrogen (secondary N) is 1. The van der Waals surface area contributed by atoms with E-state index in [-0.39, 0.29) is 17.5 Å². The number of nitrogens with zero attached hydrogens (tertiary/aromatic N) is 2. The minimum Gasteiger partial charge on any atom is -0.355 e. The third-order valence-corrected chi connectivity index (χ3v) is 6.47. The first-order chi connectivity index (χ1) is 12.2. The Morgan fingerprint density at radius 3 is 2.50 bits per heavy atom. The molecule has 2 rings (SSSR count). The van der Waals surface area contributed by atoms with Crippen LogP contribution in [0.3, 0.4) is 0 Å². The summed E-state index contributed by atoms with van der Waals surface area (Å²) in [6.07, 6.45) is 4.22. The van der Waals surface area contributed by atoms with Gasteiger partial charge in [0.05, 0.1) is 22.0 Å². The first-order valence-electron chi connectivity index (χ1n) is 8.55. The molecule has 0 aromatic heterocycles. The summed E-state index contributed by atoms with van der Waals surface area (Å²) in [6.45, 7) is 2.42. The van der Waals surface area contributed by atoms with Gasteiger partial charge in [0.15, 0.2) is 0 Å². The monoisotopic (exact) mass is 421 g/mol. The lowest BCUT2D eigenvalue weighted by Gasteiger charge is -2.29. The average molecular weight is 422 g/mol. The van der Waals surface area contributed by atoms with Gasteiger partial charge < -0.3 is 10.2 Å². The van der Waals surface area contributed by atoms with Crippen molar-refractivity contribution in [2.75, 3.05) is 43.8 Å². The molecule has 0 bridgehead atoms. The minimum absolute atomic E-state index is 0.237. The van der Waals surface area contributed by atoms with Crippen molar-refractivity contribution >= 4 is 44.8 Å². The quantitative estimate of drug-likeness (QED) is 0.734. The maximum absolute atomic E-state index is 12.2. The molecule has 0 unspecified atom stereocenters. The second-order valence-electron chi connectivity index (χ2n) is 6.75. The zero-order valence-electron chi connectivity index (χ0n) is 15.0. The van der Waals surface area contributed by atoms with E-state index in [1.165, 1.54) is 18.2 Å². The first kappa shape index (κ1) is 21.3. The Hall–Kier alpha value is -1.02. The predicted octanol–water partition coefficient (Wildman–Crippen LogP) is 2.61. The van der Waals surface area contributed by atoms with Gasteiger partial charge >= 0.3 is 0 Å². The number of hydrogen-bond donors (Lipinski definition) is 1. The molecular weight excluding hydrogens is 397 g/mol. The summed E-state index contributed by atoms with van der Waals surface area (Å²) in [6, 6.07) is 4.48. The number of halogens is 2. The number of carbonyl (C=O) groups excluding carboxylic acids is 1. The van der Waals surface area contributed by atoms with Crippen molar-refractivity contribution in [3.8, 4) is 0 Å². The number of hydrogen-bond acceptors (Lipinski definition) is 4. The zero-order chi connectivity index (χ0) is 19.3. The number of benzene rings is 1. The summed E-state index contributed by atoms with van der Waals surface area (Å²) in [5.74, 6) is 0.266. The maximum atomic E-state index is 12.2. The van der Waals surface area contributed by atoms with Crippen LogP contribution < -0.4 is 9.62 Å². The van der Waals surface area contributed by atoms with Crippen molar-refractivity contribution in [2.24, 2.45) is 5.92 Å². The Balaban J connectivity index is 1.91. The second-order valence-corrected chi connectivity index (χ2v) is 9.47. The highest BCUT2D eigenvalue weighted by atomic mass is 35.5. The molecule has 1 amide bonds. The van der Waals surface area contributed by atoms with Crippen LogP contribution in [0.4, 0.5) is 5.69 Å². The lowest BCUT2D eigenvalue weighted by Crippen LogP contribution is -2.41. The molecule has 0 radical (unpaired) electrons. The van der Waals surface area contributed by atoms with Crippen LogP contribution in [0, 0.1) is 5.92 Å². The van der Waals surface area contributed by atoms with Gasteiger partial charge in [-0.2, -0.15) is 0 Å². The smallest absolute Gasteiger partial charge is 0.240 e. The highest BCUT2D eigenvalue weighted by Gasteiger charge is 2.22. The molecule has 1 N–H and O–H groups in total. The highest BCUT2D eigenvalue weighted by Crippen LogP contribution is 2.28. The van der Waals surface area contributed by atoms with Crippen molar-refractivity contribution in [2.45, 2.75) is 19.3 Å². The Labute approximate surface area is 165 Å². The highest BCUT2D eigenvalue weighted by molar-refractivity contribution is 7.92. The summed E-state index contributed by atoms with van der Waals surface area (Å²) in [7, 11) is -1.52. The topological polar surface area (TPSA) is 69.7 Å². The third-order valence-electron chi connectivity index (χ3n) is 4.59. The van der Waals surface area contributed by atoms with E-state index in [0.717, 1.165) is 42.9 Å². The van der Waals surface area contributed by atoms with Crippen LogP contribution in [0.2, 0.25) is 10.0 Å². The summed E-state index contributed by atoms with van der Waals surface area (Å²) in [5.41, 5.74) is 0.312. The van der Waals surface area contributed by atoms with Crippen LogP contribution in [0.15, 0.2) is 18.2 Å². The van der Waals surface area contributed by atoms with Crippen molar-refractivity contribution in [1.29, 1.82) is 0 Å². The fraction of sp³-hybridized carbons (Fsp3) is 0.588. The van der Waals surface area contributed by atoms with E-state index in [1.807, 2.05) is 0 Å². The molecule has 6 nitrogen and oxygen atoms in total. The normalized spacial score (nSPS) is 16.5. The first-order valence-corrected chi connectivity index (χ1v) is 11.1. The van der Waals surface area contributed by atoms with Gasteiger partial charge in [-0.1, -0.05) is 23.2 Å². The molecule has 0 spiro atoms. The van der Waals surface area contributed by atoms with E-state index in [1.54, 1.807) is 0 Å². The van der Waals surface area contributed by atoms with Gasteiger partial charge in [0, 0.05) is 6.54 Å². The SMILES string of the molecule is CN1CCC(CCNC(=O)CN(c2ccc(Cl)c(Cl)c2)S(C)(=O)=O)CC1. The average Bonchev–Trinajstić information content (AvgIpc) is 2.56. The van der Waals surface area contributed by atoms with Crippen LogP contribution in [0.1, 0.15) is 19.3 Å². The molecule has 1 aliphatic heterocycles. The molecule has 1 aliphatic rings. The van der Waals surface area contributed by atoms with Crippen molar-refractivity contribution in [3.63, 3.8) is 0 Å². The van der Waals surface area contributed by atoms with E-state index in [0.29, 0.717) is 23.2 Å². The van der Waals surface area contributed by atoms with Gasteiger partial charge in [-0.25, -0.2) is 8.42 Å². The van der Waals surface area contributed by atoms with E-state index in [9.17, 15) is 13.2 Å². The van der Waals surface area contributed by atoms with Crippen LogP contribution in [-0.4, -0.2) is 58.7 Å². The maximum Gasteiger partial charge on any atom is 0.240 e. The standard InChI is InChI=1S/C17H25Cl2N3O3S/c1-21-9-6-13(7-10-21)5-8-20-17(23)12-22(26(2,24)25)14-3-4-15(18)16(19)11-14/h3-4,11,13H,5-10,12H2,1-2H3,(H,20,23). The Morgan fingerprint density at radius 1 is 1.27 bits per heavy atom. The minimum atomic E-state index is -3.63. The van der Waals surface area contributed by atoms with Crippen LogP contribution in [0.5, 0.6) is 0 Å². The Kier molecular flexibility index (Phi) is 7.58. The van der Waals surface area contributed by atoms with Crippen LogP contribution in [0.25, 0.3) is 0 Å². The van der Waals surface area contributed by atoms with Gasteiger partial charge in [0.2, 0.25) is 15.9 Å². The summed E-state index contributed by atoms with van der Waals surface area (Å²) in [5, 5.41) is 3.38. The predicted molar refractivity (Wildman–Crippen MR) is 106 cm³/mol. The van der Waals surface area contributed by atoms with Gasteiger partial charge in [0.1, 0.15) is 6.54 Å². The molecule has 9 heteroatoms. The van der Waals surface area contributed by atoms with E-state index in [4.69, 9.17) is 23.2 Å². The largest absolute Gasteiger partial charge is 0.355 e. The lowest BCUT2D eigenvalue weighted by atomic mass is 9.94. The van der Waals surface area contributed by atoms with Gasteiger partial charge in [0.25, 0.3) is 0 Å².